The zero-order valence-corrected chi connectivity index (χ0v) is 17.4. The number of Topliss-reactive ketones (excluding diaryl/α,β-unsaturated/α-hetero) is 1. The van der Waals surface area contributed by atoms with Gasteiger partial charge in [0.1, 0.15) is 11.9 Å². The van der Waals surface area contributed by atoms with Crippen molar-refractivity contribution < 1.29 is 22.7 Å². The predicted octanol–water partition coefficient (Wildman–Crippen LogP) is 1.95. The van der Waals surface area contributed by atoms with E-state index in [0.29, 0.717) is 19.0 Å². The third kappa shape index (κ3) is 3.64. The normalized spacial score (nSPS) is 24.7. The lowest BCUT2D eigenvalue weighted by atomic mass is 10.1. The average Bonchev–Trinajstić information content (AvgIpc) is 3.37. The Balaban J connectivity index is 1.54. The van der Waals surface area contributed by atoms with Crippen molar-refractivity contribution in [3.05, 3.63) is 46.0 Å². The molecule has 2 bridgehead atoms. The van der Waals surface area contributed by atoms with Crippen LogP contribution in [0.25, 0.3) is 0 Å². The fraction of sp³-hybridized carbons (Fsp3) is 0.524. The lowest BCUT2D eigenvalue weighted by Crippen LogP contribution is -2.54. The molecule has 2 fully saturated rings. The summed E-state index contributed by atoms with van der Waals surface area (Å²) in [7, 11) is 0. The zero-order valence-electron chi connectivity index (χ0n) is 17.4. The number of pyridine rings is 1. The van der Waals surface area contributed by atoms with Gasteiger partial charge in [-0.05, 0) is 31.4 Å². The number of alkyl halides is 3. The van der Waals surface area contributed by atoms with Crippen LogP contribution in [0.2, 0.25) is 0 Å². The van der Waals surface area contributed by atoms with Gasteiger partial charge in [-0.1, -0.05) is 0 Å². The lowest BCUT2D eigenvalue weighted by molar-refractivity contribution is -0.152. The molecule has 2 aromatic rings. The molecule has 3 aliphatic heterocycles. The molecular formula is C21H22F3N5O3. The number of carbonyl (C=O) groups excluding carboxylic acids is 1. The summed E-state index contributed by atoms with van der Waals surface area (Å²) in [5.74, 6) is -0.314. The van der Waals surface area contributed by atoms with Gasteiger partial charge in [0.2, 0.25) is 5.95 Å². The molecule has 0 N–H and O–H groups in total. The molecule has 0 aliphatic carbocycles. The SMILES string of the molecule is Cc1cncc(C(=O)CN2c3nc(N4C[C@H]5C[C@H]4CO5)cc(=O)n3CC[C@H]2C(F)(F)F)c1. The summed E-state index contributed by atoms with van der Waals surface area (Å²) in [4.78, 5) is 37.0. The van der Waals surface area contributed by atoms with Crippen LogP contribution in [0.4, 0.5) is 24.9 Å². The standard InChI is InChI=1S/C21H22F3N5O3/c1-12-4-13(8-25-7-12)16(30)10-29-17(21(22,23)24)2-3-27-19(31)6-18(26-20(27)29)28-9-15-5-14(28)11-32-15/h4,6-8,14-15,17H,2-3,5,9-11H2,1H3/t14-,15+,17-/m0/s1. The van der Waals surface area contributed by atoms with Crippen molar-refractivity contribution in [2.24, 2.45) is 0 Å². The molecule has 11 heteroatoms. The number of rotatable bonds is 4. The molecule has 8 nitrogen and oxygen atoms in total. The summed E-state index contributed by atoms with van der Waals surface area (Å²) in [5, 5.41) is 0. The number of anilines is 2. The van der Waals surface area contributed by atoms with Crippen molar-refractivity contribution in [3.63, 3.8) is 0 Å². The Labute approximate surface area is 181 Å². The number of hydrogen-bond donors (Lipinski definition) is 0. The Morgan fingerprint density at radius 1 is 1.28 bits per heavy atom. The minimum absolute atomic E-state index is 0.0370. The molecule has 5 rings (SSSR count). The molecule has 2 aromatic heterocycles. The Bertz CT molecular complexity index is 1120. The molecule has 0 unspecified atom stereocenters. The number of morpholine rings is 1. The number of aryl methyl sites for hydroxylation is 1. The van der Waals surface area contributed by atoms with Gasteiger partial charge >= 0.3 is 6.18 Å². The number of hydrogen-bond acceptors (Lipinski definition) is 7. The van der Waals surface area contributed by atoms with Crippen molar-refractivity contribution in [1.29, 1.82) is 0 Å². The maximum Gasteiger partial charge on any atom is 0.408 e. The second-order valence-electron chi connectivity index (χ2n) is 8.55. The Morgan fingerprint density at radius 3 is 2.75 bits per heavy atom. The average molecular weight is 449 g/mol. The van der Waals surface area contributed by atoms with Crippen molar-refractivity contribution in [2.75, 3.05) is 29.5 Å². The van der Waals surface area contributed by atoms with Gasteiger partial charge in [0.25, 0.3) is 5.56 Å². The topological polar surface area (TPSA) is 80.6 Å². The number of ether oxygens (including phenoxy) is 1. The fourth-order valence-corrected chi connectivity index (χ4v) is 4.76. The summed E-state index contributed by atoms with van der Waals surface area (Å²) in [6.45, 7) is 2.12. The molecule has 2 saturated heterocycles. The first-order valence-corrected chi connectivity index (χ1v) is 10.5. The first-order valence-electron chi connectivity index (χ1n) is 10.5. The molecule has 0 spiro atoms. The third-order valence-electron chi connectivity index (χ3n) is 6.32. The molecule has 0 saturated carbocycles. The maximum atomic E-state index is 13.9. The Kier molecular flexibility index (Phi) is 4.95. The van der Waals surface area contributed by atoms with Gasteiger partial charge in [0.15, 0.2) is 5.78 Å². The number of ketones is 1. The van der Waals surface area contributed by atoms with Crippen LogP contribution in [0.3, 0.4) is 0 Å². The van der Waals surface area contributed by atoms with E-state index in [1.54, 1.807) is 19.2 Å². The van der Waals surface area contributed by atoms with Crippen molar-refractivity contribution >= 4 is 17.5 Å². The van der Waals surface area contributed by atoms with Crippen LogP contribution in [0.5, 0.6) is 0 Å². The van der Waals surface area contributed by atoms with E-state index in [9.17, 15) is 22.8 Å². The van der Waals surface area contributed by atoms with Crippen LogP contribution < -0.4 is 15.4 Å². The van der Waals surface area contributed by atoms with E-state index in [0.717, 1.165) is 16.9 Å². The summed E-state index contributed by atoms with van der Waals surface area (Å²) in [6, 6.07) is 1.08. The van der Waals surface area contributed by atoms with Gasteiger partial charge in [0.05, 0.1) is 25.3 Å². The first kappa shape index (κ1) is 20.9. The second-order valence-corrected chi connectivity index (χ2v) is 8.55. The van der Waals surface area contributed by atoms with Gasteiger partial charge in [-0.15, -0.1) is 0 Å². The van der Waals surface area contributed by atoms with Crippen LogP contribution in [0, 0.1) is 6.92 Å². The molecule has 32 heavy (non-hydrogen) atoms. The number of carbonyl (C=O) groups is 1. The van der Waals surface area contributed by atoms with E-state index in [4.69, 9.17) is 4.74 Å². The highest BCUT2D eigenvalue weighted by Gasteiger charge is 2.48. The van der Waals surface area contributed by atoms with E-state index in [2.05, 4.69) is 9.97 Å². The number of fused-ring (bicyclic) bond motifs is 3. The van der Waals surface area contributed by atoms with E-state index in [1.807, 2.05) is 4.90 Å². The van der Waals surface area contributed by atoms with E-state index < -0.39 is 30.1 Å². The number of halogens is 3. The van der Waals surface area contributed by atoms with Crippen LogP contribution in [0.1, 0.15) is 28.8 Å². The lowest BCUT2D eigenvalue weighted by Gasteiger charge is -2.39. The molecule has 170 valence electrons. The van der Waals surface area contributed by atoms with Crippen LogP contribution in [-0.4, -0.2) is 64.4 Å². The smallest absolute Gasteiger partial charge is 0.374 e. The largest absolute Gasteiger partial charge is 0.408 e. The third-order valence-corrected chi connectivity index (χ3v) is 6.32. The summed E-state index contributed by atoms with van der Waals surface area (Å²) in [6.07, 6.45) is -1.18. The first-order chi connectivity index (χ1) is 15.2. The monoisotopic (exact) mass is 449 g/mol. The predicted molar refractivity (Wildman–Crippen MR) is 109 cm³/mol. The zero-order chi connectivity index (χ0) is 22.6. The van der Waals surface area contributed by atoms with Crippen LogP contribution in [0.15, 0.2) is 29.3 Å². The van der Waals surface area contributed by atoms with Crippen molar-refractivity contribution in [1.82, 2.24) is 14.5 Å². The van der Waals surface area contributed by atoms with Gasteiger partial charge in [-0.2, -0.15) is 18.2 Å². The van der Waals surface area contributed by atoms with Gasteiger partial charge in [0, 0.05) is 37.1 Å². The number of nitrogens with zero attached hydrogens (tertiary/aromatic N) is 5. The Morgan fingerprint density at radius 2 is 2.09 bits per heavy atom. The van der Waals surface area contributed by atoms with Crippen LogP contribution in [-0.2, 0) is 11.3 Å². The molecule has 0 radical (unpaired) electrons. The highest BCUT2D eigenvalue weighted by atomic mass is 19.4. The second kappa shape index (κ2) is 7.58. The fourth-order valence-electron chi connectivity index (χ4n) is 4.76. The molecule has 0 amide bonds. The summed E-state index contributed by atoms with van der Waals surface area (Å²) in [5.41, 5.74) is 0.518. The summed E-state index contributed by atoms with van der Waals surface area (Å²) >= 11 is 0. The maximum absolute atomic E-state index is 13.9. The quantitative estimate of drug-likeness (QED) is 0.660. The number of aromatic nitrogens is 3. The van der Waals surface area contributed by atoms with Crippen molar-refractivity contribution in [2.45, 2.75) is 50.7 Å². The highest BCUT2D eigenvalue weighted by Crippen LogP contribution is 2.36. The van der Waals surface area contributed by atoms with E-state index >= 15 is 0 Å². The molecule has 3 aliphatic rings. The highest BCUT2D eigenvalue weighted by molar-refractivity contribution is 5.99. The molecule has 3 atom stereocenters. The van der Waals surface area contributed by atoms with Gasteiger partial charge < -0.3 is 14.5 Å². The van der Waals surface area contributed by atoms with Crippen LogP contribution >= 0.6 is 0 Å². The molecule has 0 aromatic carbocycles. The van der Waals surface area contributed by atoms with E-state index in [-0.39, 0.29) is 36.6 Å². The Hall–Kier alpha value is -2.95. The van der Waals surface area contributed by atoms with Crippen molar-refractivity contribution in [3.8, 4) is 0 Å². The van der Waals surface area contributed by atoms with Gasteiger partial charge in [-0.25, -0.2) is 0 Å². The minimum Gasteiger partial charge on any atom is -0.374 e. The minimum atomic E-state index is -4.58. The molecular weight excluding hydrogens is 427 g/mol. The van der Waals surface area contributed by atoms with Gasteiger partial charge in [-0.3, -0.25) is 19.1 Å². The van der Waals surface area contributed by atoms with E-state index in [1.165, 1.54) is 16.8 Å². The summed E-state index contributed by atoms with van der Waals surface area (Å²) < 4.78 is 48.6. The molecule has 5 heterocycles.